The van der Waals surface area contributed by atoms with Crippen LogP contribution in [0.2, 0.25) is 0 Å². The van der Waals surface area contributed by atoms with Crippen LogP contribution in [0.15, 0.2) is 47.9 Å². The summed E-state index contributed by atoms with van der Waals surface area (Å²) in [6.45, 7) is 0. The zero-order valence-electron chi connectivity index (χ0n) is 8.13. The molecule has 1 aromatic carbocycles. The van der Waals surface area contributed by atoms with Gasteiger partial charge in [-0.15, -0.1) is 0 Å². The maximum absolute atomic E-state index is 5.83. The molecule has 0 aliphatic heterocycles. The molecule has 0 radical (unpaired) electrons. The Kier molecular flexibility index (Phi) is 3.19. The van der Waals surface area contributed by atoms with E-state index in [4.69, 9.17) is 5.73 Å². The Hall–Kier alpha value is -1.55. The van der Waals surface area contributed by atoms with E-state index in [1.165, 1.54) is 0 Å². The molecule has 0 atom stereocenters. The monoisotopic (exact) mass is 217 g/mol. The Bertz CT molecular complexity index is 431. The number of para-hydroxylation sites is 1. The summed E-state index contributed by atoms with van der Waals surface area (Å²) in [6, 6.07) is 9.65. The van der Waals surface area contributed by atoms with E-state index in [0.29, 0.717) is 0 Å². The van der Waals surface area contributed by atoms with Gasteiger partial charge < -0.3 is 5.73 Å². The largest absolute Gasteiger partial charge is 0.398 e. The number of nitrogens with two attached hydrogens (primary N) is 1. The van der Waals surface area contributed by atoms with E-state index in [2.05, 4.69) is 9.97 Å². The van der Waals surface area contributed by atoms with Gasteiger partial charge in [0.25, 0.3) is 0 Å². The van der Waals surface area contributed by atoms with Crippen molar-refractivity contribution >= 4 is 17.4 Å². The minimum atomic E-state index is 0.778. The highest BCUT2D eigenvalue weighted by Crippen LogP contribution is 2.21. The molecule has 0 saturated carbocycles. The number of nitrogens with zero attached hydrogens (tertiary/aromatic N) is 2. The summed E-state index contributed by atoms with van der Waals surface area (Å²) in [7, 11) is 0. The molecule has 0 amide bonds. The molecule has 0 unspecified atom stereocenters. The van der Waals surface area contributed by atoms with Crippen LogP contribution in [0.3, 0.4) is 0 Å². The molecule has 76 valence electrons. The first-order valence-electron chi connectivity index (χ1n) is 4.59. The normalized spacial score (nSPS) is 10.1. The average Bonchev–Trinajstić information content (AvgIpc) is 2.29. The lowest BCUT2D eigenvalue weighted by Gasteiger charge is -2.03. The van der Waals surface area contributed by atoms with Crippen LogP contribution in [-0.4, -0.2) is 9.97 Å². The fourth-order valence-corrected chi connectivity index (χ4v) is 1.99. The van der Waals surface area contributed by atoms with E-state index in [-0.39, 0.29) is 0 Å². The van der Waals surface area contributed by atoms with Gasteiger partial charge in [-0.25, -0.2) is 9.97 Å². The molecule has 0 aliphatic rings. The summed E-state index contributed by atoms with van der Waals surface area (Å²) < 4.78 is 0. The zero-order valence-corrected chi connectivity index (χ0v) is 8.95. The minimum Gasteiger partial charge on any atom is -0.398 e. The molecule has 2 rings (SSSR count). The summed E-state index contributed by atoms with van der Waals surface area (Å²) in [6.07, 6.45) is 3.48. The molecule has 1 heterocycles. The summed E-state index contributed by atoms with van der Waals surface area (Å²) in [5.41, 5.74) is 7.77. The van der Waals surface area contributed by atoms with Crippen LogP contribution in [0.5, 0.6) is 0 Å². The van der Waals surface area contributed by atoms with Crippen molar-refractivity contribution in [1.82, 2.24) is 9.97 Å². The number of anilines is 1. The van der Waals surface area contributed by atoms with Crippen molar-refractivity contribution in [2.75, 3.05) is 5.73 Å². The number of hydrogen-bond acceptors (Lipinski definition) is 4. The summed E-state index contributed by atoms with van der Waals surface area (Å²) in [5.74, 6) is 0.802. The molecule has 3 nitrogen and oxygen atoms in total. The number of rotatable bonds is 3. The fourth-order valence-electron chi connectivity index (χ4n) is 1.17. The van der Waals surface area contributed by atoms with E-state index in [1.807, 2.05) is 24.3 Å². The van der Waals surface area contributed by atoms with Crippen molar-refractivity contribution in [3.63, 3.8) is 0 Å². The van der Waals surface area contributed by atoms with Gasteiger partial charge in [0.15, 0.2) is 5.16 Å². The highest BCUT2D eigenvalue weighted by atomic mass is 32.2. The highest BCUT2D eigenvalue weighted by Gasteiger charge is 2.00. The lowest BCUT2D eigenvalue weighted by molar-refractivity contribution is 0.966. The van der Waals surface area contributed by atoms with Crippen molar-refractivity contribution < 1.29 is 0 Å². The summed E-state index contributed by atoms with van der Waals surface area (Å²) in [4.78, 5) is 8.27. The van der Waals surface area contributed by atoms with E-state index < -0.39 is 0 Å². The van der Waals surface area contributed by atoms with E-state index in [1.54, 1.807) is 30.2 Å². The third kappa shape index (κ3) is 2.70. The van der Waals surface area contributed by atoms with Gasteiger partial charge in [0, 0.05) is 23.8 Å². The van der Waals surface area contributed by atoms with Crippen LogP contribution >= 0.6 is 11.8 Å². The lowest BCUT2D eigenvalue weighted by Crippen LogP contribution is -1.92. The van der Waals surface area contributed by atoms with Crippen LogP contribution in [0.4, 0.5) is 5.69 Å². The van der Waals surface area contributed by atoms with Crippen LogP contribution in [0, 0.1) is 0 Å². The van der Waals surface area contributed by atoms with Gasteiger partial charge in [0.1, 0.15) is 0 Å². The molecule has 2 aromatic rings. The Morgan fingerprint density at radius 2 is 1.80 bits per heavy atom. The number of thioether (sulfide) groups is 1. The van der Waals surface area contributed by atoms with Crippen molar-refractivity contribution in [3.8, 4) is 0 Å². The molecule has 0 saturated heterocycles. The second kappa shape index (κ2) is 4.79. The van der Waals surface area contributed by atoms with Crippen LogP contribution in [0.1, 0.15) is 5.56 Å². The Balaban J connectivity index is 2.03. The third-order valence-corrected chi connectivity index (χ3v) is 2.88. The number of aromatic nitrogens is 2. The minimum absolute atomic E-state index is 0.778. The van der Waals surface area contributed by atoms with Gasteiger partial charge in [-0.2, -0.15) is 0 Å². The SMILES string of the molecule is Nc1ccccc1CSc1ncccn1. The predicted molar refractivity (Wildman–Crippen MR) is 62.4 cm³/mol. The maximum atomic E-state index is 5.83. The average molecular weight is 217 g/mol. The summed E-state index contributed by atoms with van der Waals surface area (Å²) in [5, 5.41) is 0.778. The number of nitrogen functional groups attached to an aromatic ring is 1. The summed E-state index contributed by atoms with van der Waals surface area (Å²) >= 11 is 1.59. The molecule has 0 aliphatic carbocycles. The highest BCUT2D eigenvalue weighted by molar-refractivity contribution is 7.98. The number of hydrogen-bond donors (Lipinski definition) is 1. The molecule has 1 aromatic heterocycles. The van der Waals surface area contributed by atoms with Gasteiger partial charge in [0.05, 0.1) is 0 Å². The zero-order chi connectivity index (χ0) is 10.5. The molecule has 15 heavy (non-hydrogen) atoms. The Labute approximate surface area is 92.8 Å². The van der Waals surface area contributed by atoms with E-state index in [9.17, 15) is 0 Å². The van der Waals surface area contributed by atoms with E-state index in [0.717, 1.165) is 22.2 Å². The maximum Gasteiger partial charge on any atom is 0.187 e. The van der Waals surface area contributed by atoms with Gasteiger partial charge >= 0.3 is 0 Å². The third-order valence-electron chi connectivity index (χ3n) is 1.95. The van der Waals surface area contributed by atoms with E-state index >= 15 is 0 Å². The predicted octanol–water partition coefficient (Wildman–Crippen LogP) is 2.35. The fraction of sp³-hybridized carbons (Fsp3) is 0.0909. The molecule has 0 bridgehead atoms. The van der Waals surface area contributed by atoms with Crippen molar-refractivity contribution in [3.05, 3.63) is 48.3 Å². The second-order valence-corrected chi connectivity index (χ2v) is 3.96. The number of benzene rings is 1. The van der Waals surface area contributed by atoms with Crippen molar-refractivity contribution in [2.24, 2.45) is 0 Å². The first kappa shape index (κ1) is 9.98. The first-order valence-corrected chi connectivity index (χ1v) is 5.58. The smallest absolute Gasteiger partial charge is 0.187 e. The van der Waals surface area contributed by atoms with Gasteiger partial charge in [-0.3, -0.25) is 0 Å². The molecule has 0 fully saturated rings. The topological polar surface area (TPSA) is 51.8 Å². The van der Waals surface area contributed by atoms with Crippen LogP contribution in [-0.2, 0) is 5.75 Å². The molecular formula is C11H11N3S. The standard InChI is InChI=1S/C11H11N3S/c12-10-5-2-1-4-9(10)8-15-11-13-6-3-7-14-11/h1-7H,8,12H2. The van der Waals surface area contributed by atoms with Gasteiger partial charge in [0.2, 0.25) is 0 Å². The molecule has 4 heteroatoms. The second-order valence-electron chi connectivity index (χ2n) is 3.02. The van der Waals surface area contributed by atoms with Crippen molar-refractivity contribution in [2.45, 2.75) is 10.9 Å². The quantitative estimate of drug-likeness (QED) is 0.487. The molecule has 0 spiro atoms. The lowest BCUT2D eigenvalue weighted by atomic mass is 10.2. The molecular weight excluding hydrogens is 206 g/mol. The Morgan fingerprint density at radius 3 is 2.53 bits per heavy atom. The molecule has 2 N–H and O–H groups in total. The van der Waals surface area contributed by atoms with Crippen LogP contribution < -0.4 is 5.73 Å². The Morgan fingerprint density at radius 1 is 1.07 bits per heavy atom. The van der Waals surface area contributed by atoms with Crippen LogP contribution in [0.25, 0.3) is 0 Å². The van der Waals surface area contributed by atoms with Crippen molar-refractivity contribution in [1.29, 1.82) is 0 Å². The van der Waals surface area contributed by atoms with Gasteiger partial charge in [-0.05, 0) is 17.7 Å². The van der Waals surface area contributed by atoms with Gasteiger partial charge in [-0.1, -0.05) is 30.0 Å². The first-order chi connectivity index (χ1) is 7.36.